The van der Waals surface area contributed by atoms with Crippen LogP contribution in [0.3, 0.4) is 0 Å². The van der Waals surface area contributed by atoms with Gasteiger partial charge in [0.05, 0.1) is 58.2 Å². The van der Waals surface area contributed by atoms with E-state index in [4.69, 9.17) is 10.2 Å². The molecule has 0 saturated carbocycles. The Morgan fingerprint density at radius 2 is 1.44 bits per heavy atom. The SMILES string of the molecule is O=C(NCSCSCN=CS(=O)CSCSCSCSC(=O)NCSCSCN=COOCCO)OCCO. The van der Waals surface area contributed by atoms with E-state index in [2.05, 4.69) is 35.1 Å². The standard InChI is InChI=1S/C18H34N4O8S9/c23-1-3-28-17(25)21-8-33-12-32-7-20-10-39(27)16-37-14-35-13-36-15-38-18(26)22-9-34-11-31-6-19-5-30-29-4-2-24/h5,10,23-24H,1-4,6-9,11-16H2,(H,21,25)(H,22,26). The lowest BCUT2D eigenvalue weighted by Crippen LogP contribution is -2.24. The molecule has 2 amide bonds. The second-order valence-corrected chi connectivity index (χ2v) is 17.2. The second kappa shape index (κ2) is 33.2. The molecule has 0 bridgehead atoms. The van der Waals surface area contributed by atoms with Gasteiger partial charge in [0, 0.05) is 25.4 Å². The third kappa shape index (κ3) is 33.1. The smallest absolute Gasteiger partial charge is 0.407 e. The predicted molar refractivity (Wildman–Crippen MR) is 179 cm³/mol. The minimum atomic E-state index is -1.11. The molecule has 0 aliphatic heterocycles. The molecule has 0 aliphatic carbocycles. The number of alkyl carbamates (subject to hydrolysis) is 1. The Hall–Kier alpha value is 0.710. The maximum absolute atomic E-state index is 11.9. The van der Waals surface area contributed by atoms with Crippen molar-refractivity contribution < 1.29 is 38.5 Å². The van der Waals surface area contributed by atoms with Crippen molar-refractivity contribution in [2.45, 2.75) is 0 Å². The van der Waals surface area contributed by atoms with Crippen molar-refractivity contribution in [3.8, 4) is 0 Å². The van der Waals surface area contributed by atoms with Gasteiger partial charge in [0.25, 0.3) is 5.24 Å². The van der Waals surface area contributed by atoms with Crippen LogP contribution in [0.15, 0.2) is 9.98 Å². The van der Waals surface area contributed by atoms with E-state index in [9.17, 15) is 13.8 Å². The number of amides is 2. The van der Waals surface area contributed by atoms with Gasteiger partial charge >= 0.3 is 6.09 Å². The Morgan fingerprint density at radius 1 is 0.795 bits per heavy atom. The van der Waals surface area contributed by atoms with Crippen LogP contribution in [0.1, 0.15) is 0 Å². The molecule has 0 fully saturated rings. The molecule has 1 atom stereocenters. The highest BCUT2D eigenvalue weighted by Gasteiger charge is 2.03. The zero-order valence-electron chi connectivity index (χ0n) is 21.0. The molecule has 12 nitrogen and oxygen atoms in total. The van der Waals surface area contributed by atoms with Crippen molar-refractivity contribution in [2.24, 2.45) is 9.98 Å². The first-order chi connectivity index (χ1) is 19.1. The number of aliphatic hydroxyl groups is 2. The van der Waals surface area contributed by atoms with Gasteiger partial charge in [0.2, 0.25) is 6.40 Å². The minimum Gasteiger partial charge on any atom is -0.447 e. The fourth-order valence-corrected chi connectivity index (χ4v) is 10.4. The average molecular weight is 723 g/mol. The maximum Gasteiger partial charge on any atom is 0.407 e. The maximum atomic E-state index is 11.9. The topological polar surface area (TPSA) is 168 Å². The Bertz CT molecular complexity index is 686. The van der Waals surface area contributed by atoms with Crippen molar-refractivity contribution in [2.75, 3.05) is 80.4 Å². The highest BCUT2D eigenvalue weighted by atomic mass is 32.3. The third-order valence-electron chi connectivity index (χ3n) is 2.99. The van der Waals surface area contributed by atoms with Gasteiger partial charge < -0.3 is 30.5 Å². The van der Waals surface area contributed by atoms with E-state index in [1.165, 1.54) is 35.5 Å². The van der Waals surface area contributed by atoms with E-state index in [1.807, 2.05) is 0 Å². The molecule has 0 aromatic heterocycles. The molecular weight excluding hydrogens is 689 g/mol. The van der Waals surface area contributed by atoms with Gasteiger partial charge in [-0.25, -0.2) is 9.79 Å². The van der Waals surface area contributed by atoms with Crippen molar-refractivity contribution in [3.05, 3.63) is 0 Å². The monoisotopic (exact) mass is 722 g/mol. The summed E-state index contributed by atoms with van der Waals surface area (Å²) in [5.41, 5.74) is 1.47. The summed E-state index contributed by atoms with van der Waals surface area (Å²) in [6.07, 6.45) is 0.635. The quantitative estimate of drug-likeness (QED) is 0.0242. The number of nitrogens with zero attached hydrogens (tertiary/aromatic N) is 2. The number of rotatable bonds is 27. The molecule has 228 valence electrons. The van der Waals surface area contributed by atoms with E-state index in [1.54, 1.807) is 70.6 Å². The molecule has 1 unspecified atom stereocenters. The molecule has 0 radical (unpaired) electrons. The summed E-state index contributed by atoms with van der Waals surface area (Å²) < 4.78 is 16.6. The molecule has 0 aromatic carbocycles. The average Bonchev–Trinajstić information content (AvgIpc) is 2.93. The molecular formula is C18H34N4O8S9. The minimum absolute atomic E-state index is 0.0194. The predicted octanol–water partition coefficient (Wildman–Crippen LogP) is 3.60. The highest BCUT2D eigenvalue weighted by Crippen LogP contribution is 2.22. The lowest BCUT2D eigenvalue weighted by atomic mass is 10.8. The van der Waals surface area contributed by atoms with Crippen LogP contribution in [-0.4, -0.2) is 118 Å². The van der Waals surface area contributed by atoms with Crippen LogP contribution in [-0.2, 0) is 25.3 Å². The van der Waals surface area contributed by atoms with Gasteiger partial charge in [-0.05, 0) is 0 Å². The number of ether oxygens (including phenoxy) is 1. The van der Waals surface area contributed by atoms with Gasteiger partial charge in [-0.2, -0.15) is 4.89 Å². The van der Waals surface area contributed by atoms with Gasteiger partial charge in [-0.3, -0.25) is 14.0 Å². The molecule has 0 spiro atoms. The van der Waals surface area contributed by atoms with Gasteiger partial charge in [-0.15, -0.1) is 82.3 Å². The van der Waals surface area contributed by atoms with Gasteiger partial charge in [0.15, 0.2) is 0 Å². The van der Waals surface area contributed by atoms with E-state index < -0.39 is 16.9 Å². The first-order valence-corrected chi connectivity index (χ1v) is 21.3. The molecule has 4 N–H and O–H groups in total. The van der Waals surface area contributed by atoms with Crippen molar-refractivity contribution in [1.82, 2.24) is 10.6 Å². The molecule has 0 saturated heterocycles. The Balaban J connectivity index is 3.39. The van der Waals surface area contributed by atoms with Crippen LogP contribution in [0.25, 0.3) is 0 Å². The van der Waals surface area contributed by atoms with E-state index >= 15 is 0 Å². The molecule has 0 aromatic rings. The first kappa shape index (κ1) is 39.7. The molecule has 39 heavy (non-hydrogen) atoms. The highest BCUT2D eigenvalue weighted by molar-refractivity contribution is 8.29. The number of hydrogen-bond acceptors (Lipinski definition) is 18. The zero-order valence-corrected chi connectivity index (χ0v) is 28.3. The normalized spacial score (nSPS) is 12.2. The molecule has 21 heteroatoms. The van der Waals surface area contributed by atoms with E-state index in [0.717, 1.165) is 20.3 Å². The molecule has 0 aliphatic rings. The van der Waals surface area contributed by atoms with Crippen molar-refractivity contribution >= 4 is 128 Å². The van der Waals surface area contributed by atoms with E-state index in [-0.39, 0.29) is 31.7 Å². The summed E-state index contributed by atoms with van der Waals surface area (Å²) in [6, 6.07) is 0. The van der Waals surface area contributed by atoms with Gasteiger partial charge in [0.1, 0.15) is 13.2 Å². The number of hydrogen-bond donors (Lipinski definition) is 4. The Morgan fingerprint density at radius 3 is 2.18 bits per heavy atom. The second-order valence-electron chi connectivity index (χ2n) is 5.93. The van der Waals surface area contributed by atoms with E-state index in [0.29, 0.717) is 33.7 Å². The summed E-state index contributed by atoms with van der Waals surface area (Å²) in [6.45, 7) is -0.229. The lowest BCUT2D eigenvalue weighted by molar-refractivity contribution is -0.221. The van der Waals surface area contributed by atoms with Crippen LogP contribution in [0, 0.1) is 0 Å². The van der Waals surface area contributed by atoms with Crippen molar-refractivity contribution in [1.29, 1.82) is 0 Å². The zero-order chi connectivity index (χ0) is 28.7. The van der Waals surface area contributed by atoms with Gasteiger partial charge in [-0.1, -0.05) is 11.8 Å². The fourth-order valence-electron chi connectivity index (χ4n) is 1.56. The summed E-state index contributed by atoms with van der Waals surface area (Å²) >= 11 is 12.5. The first-order valence-electron chi connectivity index (χ1n) is 10.8. The largest absolute Gasteiger partial charge is 0.447 e. The van der Waals surface area contributed by atoms with Crippen LogP contribution in [0.5, 0.6) is 0 Å². The van der Waals surface area contributed by atoms with Crippen LogP contribution in [0.4, 0.5) is 9.59 Å². The lowest BCUT2D eigenvalue weighted by Gasteiger charge is -2.05. The number of aliphatic imine (C=N–C) groups is 2. The van der Waals surface area contributed by atoms with Crippen LogP contribution in [0.2, 0.25) is 0 Å². The molecule has 0 rings (SSSR count). The van der Waals surface area contributed by atoms with Crippen LogP contribution >= 0.6 is 94.1 Å². The number of carbonyl (C=O) groups is 2. The fraction of sp³-hybridized carbons (Fsp3) is 0.778. The number of carbonyl (C=O) groups excluding carboxylic acids is 2. The van der Waals surface area contributed by atoms with Crippen molar-refractivity contribution in [3.63, 3.8) is 0 Å². The number of thioether (sulfide) groups is 8. The summed E-state index contributed by atoms with van der Waals surface area (Å²) in [7, 11) is -1.11. The summed E-state index contributed by atoms with van der Waals surface area (Å²) in [5, 5.41) is 26.7. The third-order valence-corrected chi connectivity index (χ3v) is 13.2. The van der Waals surface area contributed by atoms with Crippen LogP contribution < -0.4 is 10.6 Å². The summed E-state index contributed by atoms with van der Waals surface area (Å²) in [5.74, 6) is 1.96. The number of nitrogens with one attached hydrogen (secondary N) is 2. The summed E-state index contributed by atoms with van der Waals surface area (Å²) in [4.78, 5) is 40.2. The molecule has 0 heterocycles. The Kier molecular flexibility index (Phi) is 33.8. The number of aliphatic hydroxyl groups excluding tert-OH is 2. The Labute approximate surface area is 265 Å².